The van der Waals surface area contributed by atoms with Crippen LogP contribution in [0.4, 0.5) is 5.69 Å². The first-order valence-electron chi connectivity index (χ1n) is 9.86. The number of likely N-dealkylation sites (N-methyl/N-ethyl adjacent to an activating group) is 1. The molecule has 0 radical (unpaired) electrons. The Balaban J connectivity index is 1.38. The second kappa shape index (κ2) is 8.85. The Morgan fingerprint density at radius 2 is 2.10 bits per heavy atom. The van der Waals surface area contributed by atoms with Crippen LogP contribution in [0.25, 0.3) is 0 Å². The fourth-order valence-corrected chi connectivity index (χ4v) is 3.92. The number of aromatic nitrogens is 3. The summed E-state index contributed by atoms with van der Waals surface area (Å²) in [5.41, 5.74) is 1.83. The van der Waals surface area contributed by atoms with Gasteiger partial charge in [0.1, 0.15) is 24.2 Å². The average molecular weight is 426 g/mol. The molecule has 0 spiro atoms. The summed E-state index contributed by atoms with van der Waals surface area (Å²) in [5.74, 6) is 1.44. The van der Waals surface area contributed by atoms with Gasteiger partial charge in [-0.05, 0) is 55.3 Å². The molecule has 0 N–H and O–H groups in total. The van der Waals surface area contributed by atoms with Gasteiger partial charge in [0.15, 0.2) is 0 Å². The Morgan fingerprint density at radius 3 is 2.83 bits per heavy atom. The van der Waals surface area contributed by atoms with Gasteiger partial charge in [0, 0.05) is 30.8 Å². The summed E-state index contributed by atoms with van der Waals surface area (Å²) < 4.78 is 7.75. The maximum atomic E-state index is 12.9. The number of carbonyl (C=O) groups is 1. The van der Waals surface area contributed by atoms with Crippen molar-refractivity contribution in [2.45, 2.75) is 19.4 Å². The molecule has 2 aromatic carbocycles. The summed E-state index contributed by atoms with van der Waals surface area (Å²) in [6.07, 6.45) is 4.25. The van der Waals surface area contributed by atoms with E-state index in [1.807, 2.05) is 49.0 Å². The third-order valence-electron chi connectivity index (χ3n) is 5.35. The smallest absolute Gasteiger partial charge is 0.240 e. The highest BCUT2D eigenvalue weighted by Gasteiger charge is 2.27. The molecule has 1 aliphatic heterocycles. The van der Waals surface area contributed by atoms with Gasteiger partial charge in [-0.15, -0.1) is 0 Å². The van der Waals surface area contributed by atoms with Crippen LogP contribution in [0, 0.1) is 6.92 Å². The molecule has 0 aliphatic carbocycles. The lowest BCUT2D eigenvalue weighted by atomic mass is 10.1. The largest absolute Gasteiger partial charge is 0.457 e. The van der Waals surface area contributed by atoms with Gasteiger partial charge in [-0.3, -0.25) is 9.69 Å². The van der Waals surface area contributed by atoms with Gasteiger partial charge in [0.25, 0.3) is 0 Å². The number of halogens is 1. The standard InChI is InChI=1S/C22H24ClN5O2/c1-16-10-20(30-19-5-3-4-17(23)11-19)6-7-21(16)26(2)22(29)13-27-9-8-18(12-27)28-15-24-14-25-28/h3-7,10-11,14-15,18H,8-9,12-13H2,1-2H3/t18-/m0/s1. The highest BCUT2D eigenvalue weighted by Crippen LogP contribution is 2.29. The van der Waals surface area contributed by atoms with Gasteiger partial charge < -0.3 is 9.64 Å². The number of hydrogen-bond acceptors (Lipinski definition) is 5. The van der Waals surface area contributed by atoms with Gasteiger partial charge in [-0.2, -0.15) is 5.10 Å². The van der Waals surface area contributed by atoms with Crippen LogP contribution in [0.5, 0.6) is 11.5 Å². The molecule has 1 aromatic heterocycles. The predicted octanol–water partition coefficient (Wildman–Crippen LogP) is 3.94. The van der Waals surface area contributed by atoms with E-state index in [1.165, 1.54) is 0 Å². The molecule has 4 rings (SSSR count). The minimum absolute atomic E-state index is 0.0563. The van der Waals surface area contributed by atoms with Crippen LogP contribution < -0.4 is 9.64 Å². The molecular weight excluding hydrogens is 402 g/mol. The molecule has 1 aliphatic rings. The van der Waals surface area contributed by atoms with E-state index in [2.05, 4.69) is 15.0 Å². The van der Waals surface area contributed by atoms with Crippen molar-refractivity contribution in [1.29, 1.82) is 0 Å². The summed E-state index contributed by atoms with van der Waals surface area (Å²) >= 11 is 6.02. The van der Waals surface area contributed by atoms with Gasteiger partial charge >= 0.3 is 0 Å². The zero-order valence-electron chi connectivity index (χ0n) is 17.0. The van der Waals surface area contributed by atoms with Gasteiger partial charge in [-0.1, -0.05) is 17.7 Å². The summed E-state index contributed by atoms with van der Waals surface area (Å²) in [6, 6.07) is 13.2. The van der Waals surface area contributed by atoms with E-state index in [-0.39, 0.29) is 11.9 Å². The minimum Gasteiger partial charge on any atom is -0.457 e. The number of ether oxygens (including phenoxy) is 1. The van der Waals surface area contributed by atoms with Crippen molar-refractivity contribution in [3.63, 3.8) is 0 Å². The molecule has 156 valence electrons. The predicted molar refractivity (Wildman–Crippen MR) is 116 cm³/mol. The van der Waals surface area contributed by atoms with Crippen molar-refractivity contribution in [1.82, 2.24) is 19.7 Å². The lowest BCUT2D eigenvalue weighted by Gasteiger charge is -2.23. The van der Waals surface area contributed by atoms with Crippen molar-refractivity contribution in [2.24, 2.45) is 0 Å². The van der Waals surface area contributed by atoms with Gasteiger partial charge in [-0.25, -0.2) is 9.67 Å². The average Bonchev–Trinajstić information content (AvgIpc) is 3.39. The molecule has 1 fully saturated rings. The molecule has 0 unspecified atom stereocenters. The maximum Gasteiger partial charge on any atom is 0.240 e. The molecule has 1 atom stereocenters. The third kappa shape index (κ3) is 4.63. The summed E-state index contributed by atoms with van der Waals surface area (Å²) in [7, 11) is 1.81. The Kier molecular flexibility index (Phi) is 6.01. The minimum atomic E-state index is 0.0563. The number of carbonyl (C=O) groups excluding carboxylic acids is 1. The topological polar surface area (TPSA) is 63.5 Å². The number of hydrogen-bond donors (Lipinski definition) is 0. The van der Waals surface area contributed by atoms with Crippen LogP contribution in [0.2, 0.25) is 5.02 Å². The Hall–Kier alpha value is -2.90. The molecular formula is C22H24ClN5O2. The van der Waals surface area contributed by atoms with Crippen LogP contribution in [0.1, 0.15) is 18.0 Å². The first-order chi connectivity index (χ1) is 14.5. The van der Waals surface area contributed by atoms with E-state index in [0.29, 0.717) is 23.1 Å². The highest BCUT2D eigenvalue weighted by atomic mass is 35.5. The molecule has 0 bridgehead atoms. The number of benzene rings is 2. The molecule has 1 saturated heterocycles. The Bertz CT molecular complexity index is 1020. The molecule has 7 nitrogen and oxygen atoms in total. The number of anilines is 1. The van der Waals surface area contributed by atoms with E-state index in [4.69, 9.17) is 16.3 Å². The molecule has 0 saturated carbocycles. The third-order valence-corrected chi connectivity index (χ3v) is 5.59. The monoisotopic (exact) mass is 425 g/mol. The van der Waals surface area contributed by atoms with Crippen molar-refractivity contribution in [3.05, 3.63) is 65.7 Å². The number of rotatable bonds is 6. The van der Waals surface area contributed by atoms with E-state index < -0.39 is 0 Å². The molecule has 8 heteroatoms. The van der Waals surface area contributed by atoms with E-state index >= 15 is 0 Å². The number of amides is 1. The zero-order valence-corrected chi connectivity index (χ0v) is 17.8. The zero-order chi connectivity index (χ0) is 21.1. The number of likely N-dealkylation sites (tertiary alicyclic amines) is 1. The Labute approximate surface area is 180 Å². The Morgan fingerprint density at radius 1 is 1.27 bits per heavy atom. The van der Waals surface area contributed by atoms with Gasteiger partial charge in [0.05, 0.1) is 12.6 Å². The second-order valence-corrected chi connectivity index (χ2v) is 7.95. The van der Waals surface area contributed by atoms with Crippen LogP contribution in [-0.2, 0) is 4.79 Å². The maximum absolute atomic E-state index is 12.9. The van der Waals surface area contributed by atoms with Crippen molar-refractivity contribution >= 4 is 23.2 Å². The van der Waals surface area contributed by atoms with Crippen LogP contribution in [0.3, 0.4) is 0 Å². The first kappa shape index (κ1) is 20.4. The molecule has 2 heterocycles. The quantitative estimate of drug-likeness (QED) is 0.598. The second-order valence-electron chi connectivity index (χ2n) is 7.51. The van der Waals surface area contributed by atoms with E-state index in [1.54, 1.807) is 29.7 Å². The highest BCUT2D eigenvalue weighted by molar-refractivity contribution is 6.30. The van der Waals surface area contributed by atoms with E-state index in [0.717, 1.165) is 30.8 Å². The van der Waals surface area contributed by atoms with E-state index in [9.17, 15) is 4.79 Å². The van der Waals surface area contributed by atoms with Gasteiger partial charge in [0.2, 0.25) is 5.91 Å². The van der Waals surface area contributed by atoms with Crippen molar-refractivity contribution in [2.75, 3.05) is 31.6 Å². The summed E-state index contributed by atoms with van der Waals surface area (Å²) in [6.45, 7) is 4.02. The van der Waals surface area contributed by atoms with Crippen LogP contribution in [-0.4, -0.2) is 52.3 Å². The first-order valence-corrected chi connectivity index (χ1v) is 10.2. The van der Waals surface area contributed by atoms with Crippen LogP contribution in [0.15, 0.2) is 55.1 Å². The lowest BCUT2D eigenvalue weighted by molar-refractivity contribution is -0.119. The number of aryl methyl sites for hydroxylation is 1. The van der Waals surface area contributed by atoms with Crippen molar-refractivity contribution < 1.29 is 9.53 Å². The molecule has 1 amide bonds. The summed E-state index contributed by atoms with van der Waals surface area (Å²) in [4.78, 5) is 20.7. The SMILES string of the molecule is Cc1cc(Oc2cccc(Cl)c2)ccc1N(C)C(=O)CN1CC[C@H](n2cncn2)C1. The molecule has 3 aromatic rings. The van der Waals surface area contributed by atoms with Crippen LogP contribution >= 0.6 is 11.6 Å². The normalized spacial score (nSPS) is 16.6. The lowest BCUT2D eigenvalue weighted by Crippen LogP contribution is -2.37. The summed E-state index contributed by atoms with van der Waals surface area (Å²) in [5, 5.41) is 4.84. The fraction of sp³-hybridized carbons (Fsp3) is 0.318. The molecule has 30 heavy (non-hydrogen) atoms. The van der Waals surface area contributed by atoms with Crippen molar-refractivity contribution in [3.8, 4) is 11.5 Å². The fourth-order valence-electron chi connectivity index (χ4n) is 3.74. The number of nitrogens with zero attached hydrogens (tertiary/aromatic N) is 5.